The van der Waals surface area contributed by atoms with Gasteiger partial charge in [-0.15, -0.1) is 0 Å². The molecule has 0 aliphatic carbocycles. The maximum absolute atomic E-state index is 11.6. The van der Waals surface area contributed by atoms with Crippen molar-refractivity contribution in [3.63, 3.8) is 0 Å². The van der Waals surface area contributed by atoms with Crippen molar-refractivity contribution in [3.8, 4) is 0 Å². The van der Waals surface area contributed by atoms with Crippen LogP contribution in [0, 0.1) is 0 Å². The number of piperidine rings is 2. The van der Waals surface area contributed by atoms with Crippen molar-refractivity contribution in [3.05, 3.63) is 0 Å². The Hall–Kier alpha value is -0.650. The van der Waals surface area contributed by atoms with Crippen molar-refractivity contribution in [1.82, 2.24) is 15.1 Å². The first kappa shape index (κ1) is 14.8. The van der Waals surface area contributed by atoms with E-state index < -0.39 is 0 Å². The summed E-state index contributed by atoms with van der Waals surface area (Å²) in [6, 6.07) is 0.753. The number of nitrogens with one attached hydrogen (secondary N) is 1. The first-order valence-corrected chi connectivity index (χ1v) is 7.73. The summed E-state index contributed by atoms with van der Waals surface area (Å²) in [6.07, 6.45) is 6.55. The minimum absolute atomic E-state index is 0.113. The normalized spacial score (nSPS) is 23.4. The van der Waals surface area contributed by atoms with Crippen molar-refractivity contribution >= 4 is 5.91 Å². The highest BCUT2D eigenvalue weighted by Crippen LogP contribution is 2.20. The highest BCUT2D eigenvalue weighted by molar-refractivity contribution is 5.77. The molecule has 2 aliphatic rings. The van der Waals surface area contributed by atoms with Gasteiger partial charge in [0.25, 0.3) is 0 Å². The Bertz CT molecular complexity index is 271. The molecule has 0 saturated carbocycles. The summed E-state index contributed by atoms with van der Waals surface area (Å²) in [5, 5.41) is 2.84. The lowest BCUT2D eigenvalue weighted by atomic mass is 10.00. The SMILES string of the molecule is NCCNC(=O)CN1CCC(N2CCCCC2)CC1. The van der Waals surface area contributed by atoms with E-state index in [9.17, 15) is 4.79 Å². The fourth-order valence-corrected chi connectivity index (χ4v) is 3.20. The van der Waals surface area contributed by atoms with Gasteiger partial charge in [0.1, 0.15) is 0 Å². The summed E-state index contributed by atoms with van der Waals surface area (Å²) in [5.74, 6) is 0.113. The second-order valence-electron chi connectivity index (χ2n) is 5.74. The Kier molecular flexibility index (Phi) is 6.07. The number of carbonyl (C=O) groups excluding carboxylic acids is 1. The zero-order valence-corrected chi connectivity index (χ0v) is 11.9. The van der Waals surface area contributed by atoms with Gasteiger partial charge >= 0.3 is 0 Å². The molecule has 0 unspecified atom stereocenters. The van der Waals surface area contributed by atoms with Crippen LogP contribution in [0.15, 0.2) is 0 Å². The largest absolute Gasteiger partial charge is 0.354 e. The molecule has 0 spiro atoms. The van der Waals surface area contributed by atoms with Gasteiger partial charge in [0.15, 0.2) is 0 Å². The van der Waals surface area contributed by atoms with Crippen LogP contribution in [0.3, 0.4) is 0 Å². The standard InChI is InChI=1S/C14H28N4O/c15-6-7-16-14(19)12-17-10-4-13(5-11-17)18-8-2-1-3-9-18/h13H,1-12,15H2,(H,16,19). The number of amides is 1. The Labute approximate surface area is 116 Å². The molecule has 2 rings (SSSR count). The molecule has 1 amide bonds. The van der Waals surface area contributed by atoms with E-state index in [2.05, 4.69) is 15.1 Å². The first-order chi connectivity index (χ1) is 9.29. The van der Waals surface area contributed by atoms with Crippen molar-refractivity contribution in [1.29, 1.82) is 0 Å². The van der Waals surface area contributed by atoms with Crippen LogP contribution in [0.4, 0.5) is 0 Å². The van der Waals surface area contributed by atoms with Gasteiger partial charge in [0, 0.05) is 32.2 Å². The van der Waals surface area contributed by atoms with E-state index in [1.165, 1.54) is 45.2 Å². The van der Waals surface area contributed by atoms with Crippen LogP contribution in [-0.4, -0.2) is 67.6 Å². The quantitative estimate of drug-likeness (QED) is 0.737. The van der Waals surface area contributed by atoms with Crippen LogP contribution in [-0.2, 0) is 4.79 Å². The lowest BCUT2D eigenvalue weighted by molar-refractivity contribution is -0.122. The summed E-state index contributed by atoms with van der Waals surface area (Å²) in [4.78, 5) is 16.6. The minimum atomic E-state index is 0.113. The van der Waals surface area contributed by atoms with Gasteiger partial charge in [0.05, 0.1) is 6.54 Å². The molecule has 0 aromatic carbocycles. The summed E-state index contributed by atoms with van der Waals surface area (Å²) in [7, 11) is 0. The average Bonchev–Trinajstić information content (AvgIpc) is 2.47. The topological polar surface area (TPSA) is 61.6 Å². The van der Waals surface area contributed by atoms with Crippen molar-refractivity contribution < 1.29 is 4.79 Å². The molecular formula is C14H28N4O. The van der Waals surface area contributed by atoms with Crippen molar-refractivity contribution in [2.24, 2.45) is 5.73 Å². The van der Waals surface area contributed by atoms with E-state index in [0.29, 0.717) is 19.6 Å². The zero-order valence-electron chi connectivity index (χ0n) is 11.9. The zero-order chi connectivity index (χ0) is 13.5. The van der Waals surface area contributed by atoms with Crippen LogP contribution >= 0.6 is 0 Å². The molecule has 0 atom stereocenters. The van der Waals surface area contributed by atoms with Gasteiger partial charge in [-0.2, -0.15) is 0 Å². The Morgan fingerprint density at radius 2 is 1.79 bits per heavy atom. The van der Waals surface area contributed by atoms with Gasteiger partial charge in [-0.3, -0.25) is 9.69 Å². The molecule has 0 aromatic heterocycles. The Balaban J connectivity index is 1.65. The molecule has 2 heterocycles. The fraction of sp³-hybridized carbons (Fsp3) is 0.929. The molecular weight excluding hydrogens is 240 g/mol. The predicted octanol–water partition coefficient (Wildman–Crippen LogP) is 0.0116. The molecule has 2 aliphatic heterocycles. The van der Waals surface area contributed by atoms with Crippen LogP contribution in [0.25, 0.3) is 0 Å². The van der Waals surface area contributed by atoms with Gasteiger partial charge in [-0.25, -0.2) is 0 Å². The number of rotatable bonds is 5. The summed E-state index contributed by atoms with van der Waals surface area (Å²) in [5.41, 5.74) is 5.38. The van der Waals surface area contributed by atoms with Crippen LogP contribution in [0.1, 0.15) is 32.1 Å². The number of likely N-dealkylation sites (tertiary alicyclic amines) is 2. The lowest BCUT2D eigenvalue weighted by Crippen LogP contribution is -2.49. The molecule has 3 N–H and O–H groups in total. The maximum atomic E-state index is 11.6. The van der Waals surface area contributed by atoms with E-state index in [0.717, 1.165) is 19.1 Å². The van der Waals surface area contributed by atoms with Gasteiger partial charge in [-0.1, -0.05) is 6.42 Å². The average molecular weight is 268 g/mol. The van der Waals surface area contributed by atoms with E-state index >= 15 is 0 Å². The second-order valence-corrected chi connectivity index (χ2v) is 5.74. The van der Waals surface area contributed by atoms with E-state index in [4.69, 9.17) is 5.73 Å². The van der Waals surface area contributed by atoms with Crippen LogP contribution < -0.4 is 11.1 Å². The Morgan fingerprint density at radius 3 is 2.42 bits per heavy atom. The monoisotopic (exact) mass is 268 g/mol. The van der Waals surface area contributed by atoms with E-state index in [-0.39, 0.29) is 5.91 Å². The number of nitrogens with two attached hydrogens (primary N) is 1. The second kappa shape index (κ2) is 7.82. The third-order valence-electron chi connectivity index (χ3n) is 4.30. The van der Waals surface area contributed by atoms with Crippen LogP contribution in [0.2, 0.25) is 0 Å². The summed E-state index contributed by atoms with van der Waals surface area (Å²) >= 11 is 0. The Morgan fingerprint density at radius 1 is 1.11 bits per heavy atom. The number of hydrogen-bond donors (Lipinski definition) is 2. The highest BCUT2D eigenvalue weighted by atomic mass is 16.2. The number of nitrogens with zero attached hydrogens (tertiary/aromatic N) is 2. The fourth-order valence-electron chi connectivity index (χ4n) is 3.20. The van der Waals surface area contributed by atoms with Crippen molar-refractivity contribution in [2.75, 3.05) is 45.8 Å². The molecule has 19 heavy (non-hydrogen) atoms. The summed E-state index contributed by atoms with van der Waals surface area (Å²) in [6.45, 7) is 6.30. The number of hydrogen-bond acceptors (Lipinski definition) is 4. The third-order valence-corrected chi connectivity index (χ3v) is 4.30. The van der Waals surface area contributed by atoms with Crippen LogP contribution in [0.5, 0.6) is 0 Å². The minimum Gasteiger partial charge on any atom is -0.354 e. The lowest BCUT2D eigenvalue weighted by Gasteiger charge is -2.40. The highest BCUT2D eigenvalue weighted by Gasteiger charge is 2.26. The molecule has 2 saturated heterocycles. The maximum Gasteiger partial charge on any atom is 0.234 e. The van der Waals surface area contributed by atoms with E-state index in [1.807, 2.05) is 0 Å². The number of carbonyl (C=O) groups is 1. The first-order valence-electron chi connectivity index (χ1n) is 7.73. The molecule has 110 valence electrons. The molecule has 5 heteroatoms. The summed E-state index contributed by atoms with van der Waals surface area (Å²) < 4.78 is 0. The molecule has 5 nitrogen and oxygen atoms in total. The molecule has 0 aromatic rings. The van der Waals surface area contributed by atoms with Gasteiger partial charge < -0.3 is 16.0 Å². The van der Waals surface area contributed by atoms with Crippen molar-refractivity contribution in [2.45, 2.75) is 38.1 Å². The predicted molar refractivity (Wildman–Crippen MR) is 77.0 cm³/mol. The van der Waals surface area contributed by atoms with Gasteiger partial charge in [0.2, 0.25) is 5.91 Å². The molecule has 0 bridgehead atoms. The third kappa shape index (κ3) is 4.75. The molecule has 0 radical (unpaired) electrons. The van der Waals surface area contributed by atoms with Gasteiger partial charge in [-0.05, 0) is 38.8 Å². The van der Waals surface area contributed by atoms with E-state index in [1.54, 1.807) is 0 Å². The smallest absolute Gasteiger partial charge is 0.234 e. The molecule has 2 fully saturated rings.